The molecule has 2 aromatic carbocycles. The minimum atomic E-state index is -3.25. The van der Waals surface area contributed by atoms with E-state index in [0.29, 0.717) is 17.3 Å². The Labute approximate surface area is 146 Å². The van der Waals surface area contributed by atoms with Crippen LogP contribution in [0.1, 0.15) is 12.5 Å². The second kappa shape index (κ2) is 7.68. The number of rotatable bonds is 6. The van der Waals surface area contributed by atoms with E-state index >= 15 is 0 Å². The zero-order chi connectivity index (χ0) is 17.7. The zero-order valence-electron chi connectivity index (χ0n) is 13.3. The average Bonchev–Trinajstić information content (AvgIpc) is 2.53. The number of hydrogen-bond acceptors (Lipinski definition) is 4. The molecule has 24 heavy (non-hydrogen) atoms. The molecule has 0 bridgehead atoms. The molecule has 0 radical (unpaired) electrons. The molecule has 0 aromatic heterocycles. The summed E-state index contributed by atoms with van der Waals surface area (Å²) in [6.45, 7) is 2.00. The van der Waals surface area contributed by atoms with Crippen LogP contribution in [0.4, 0.5) is 0 Å². The van der Waals surface area contributed by atoms with Crippen LogP contribution in [0.5, 0.6) is 5.75 Å². The molecule has 2 rings (SSSR count). The molecule has 2 aromatic rings. The second-order valence-corrected chi connectivity index (χ2v) is 7.80. The number of hydrogen-bond donors (Lipinski definition) is 1. The summed E-state index contributed by atoms with van der Waals surface area (Å²) >= 11 is 5.81. The van der Waals surface area contributed by atoms with Gasteiger partial charge in [0.15, 0.2) is 15.9 Å². The van der Waals surface area contributed by atoms with Crippen LogP contribution in [0.3, 0.4) is 0 Å². The first-order valence-corrected chi connectivity index (χ1v) is 9.51. The molecule has 5 nitrogen and oxygen atoms in total. The van der Waals surface area contributed by atoms with Gasteiger partial charge in [-0.2, -0.15) is 0 Å². The van der Waals surface area contributed by atoms with E-state index in [2.05, 4.69) is 5.32 Å². The van der Waals surface area contributed by atoms with Crippen LogP contribution >= 0.6 is 11.6 Å². The molecule has 7 heteroatoms. The Morgan fingerprint density at radius 2 is 1.71 bits per heavy atom. The number of nitrogens with one attached hydrogen (secondary N) is 1. The third-order valence-corrected chi connectivity index (χ3v) is 4.69. The molecule has 128 valence electrons. The number of halogens is 1. The first-order valence-electron chi connectivity index (χ1n) is 7.24. The Balaban J connectivity index is 1.90. The third-order valence-electron chi connectivity index (χ3n) is 3.31. The molecule has 1 atom stereocenters. The third kappa shape index (κ3) is 5.25. The smallest absolute Gasteiger partial charge is 0.261 e. The van der Waals surface area contributed by atoms with Crippen LogP contribution in [0.15, 0.2) is 53.4 Å². The maximum absolute atomic E-state index is 12.1. The van der Waals surface area contributed by atoms with Gasteiger partial charge >= 0.3 is 0 Å². The van der Waals surface area contributed by atoms with Crippen molar-refractivity contribution < 1.29 is 17.9 Å². The van der Waals surface area contributed by atoms with Crippen LogP contribution in [-0.4, -0.2) is 26.7 Å². The largest absolute Gasteiger partial charge is 0.481 e. The number of benzene rings is 2. The van der Waals surface area contributed by atoms with E-state index in [0.717, 1.165) is 11.8 Å². The van der Waals surface area contributed by atoms with Gasteiger partial charge in [-0.15, -0.1) is 0 Å². The lowest BCUT2D eigenvalue weighted by Gasteiger charge is -2.15. The summed E-state index contributed by atoms with van der Waals surface area (Å²) in [5.74, 6) is 0.161. The first-order chi connectivity index (χ1) is 11.3. The number of ether oxygens (including phenoxy) is 1. The Kier molecular flexibility index (Phi) is 5.85. The molecule has 0 heterocycles. The van der Waals surface area contributed by atoms with E-state index in [9.17, 15) is 13.2 Å². The van der Waals surface area contributed by atoms with Gasteiger partial charge in [-0.1, -0.05) is 23.7 Å². The molecular formula is C17H18ClNO4S. The molecule has 0 aliphatic rings. The molecule has 1 amide bonds. The van der Waals surface area contributed by atoms with Crippen LogP contribution in [0.2, 0.25) is 5.02 Å². The molecule has 1 N–H and O–H groups in total. The van der Waals surface area contributed by atoms with Crippen molar-refractivity contribution in [1.29, 1.82) is 0 Å². The van der Waals surface area contributed by atoms with E-state index in [1.165, 1.54) is 24.3 Å². The fourth-order valence-electron chi connectivity index (χ4n) is 1.96. The summed E-state index contributed by atoms with van der Waals surface area (Å²) in [7, 11) is -3.25. The predicted molar refractivity (Wildman–Crippen MR) is 92.9 cm³/mol. The molecule has 1 unspecified atom stereocenters. The van der Waals surface area contributed by atoms with Gasteiger partial charge in [-0.05, 0) is 48.9 Å². The van der Waals surface area contributed by atoms with Gasteiger partial charge in [0, 0.05) is 17.8 Å². The molecular weight excluding hydrogens is 350 g/mol. The lowest BCUT2D eigenvalue weighted by Crippen LogP contribution is -2.35. The van der Waals surface area contributed by atoms with E-state index in [4.69, 9.17) is 16.3 Å². The van der Waals surface area contributed by atoms with Crippen molar-refractivity contribution >= 4 is 27.3 Å². The number of amides is 1. The summed E-state index contributed by atoms with van der Waals surface area (Å²) in [5.41, 5.74) is 0.928. The van der Waals surface area contributed by atoms with Crippen molar-refractivity contribution in [3.8, 4) is 5.75 Å². The highest BCUT2D eigenvalue weighted by molar-refractivity contribution is 7.90. The van der Waals surface area contributed by atoms with Gasteiger partial charge in [-0.3, -0.25) is 4.79 Å². The van der Waals surface area contributed by atoms with Gasteiger partial charge in [-0.25, -0.2) is 8.42 Å². The Morgan fingerprint density at radius 1 is 1.12 bits per heavy atom. The summed E-state index contributed by atoms with van der Waals surface area (Å²) in [5, 5.41) is 3.41. The average molecular weight is 368 g/mol. The topological polar surface area (TPSA) is 72.5 Å². The maximum Gasteiger partial charge on any atom is 0.261 e. The SMILES string of the molecule is CC(Oc1ccc(S(C)(=O)=O)cc1)C(=O)NCc1ccc(Cl)cc1. The Hall–Kier alpha value is -2.05. The van der Waals surface area contributed by atoms with Crippen LogP contribution in [0, 0.1) is 0 Å². The van der Waals surface area contributed by atoms with Gasteiger partial charge in [0.25, 0.3) is 5.91 Å². The van der Waals surface area contributed by atoms with Crippen LogP contribution in [-0.2, 0) is 21.2 Å². The second-order valence-electron chi connectivity index (χ2n) is 5.35. The summed E-state index contributed by atoms with van der Waals surface area (Å²) < 4.78 is 28.3. The fourth-order valence-corrected chi connectivity index (χ4v) is 2.71. The van der Waals surface area contributed by atoms with Crippen molar-refractivity contribution in [3.63, 3.8) is 0 Å². The highest BCUT2D eigenvalue weighted by atomic mass is 35.5. The van der Waals surface area contributed by atoms with Crippen LogP contribution in [0.25, 0.3) is 0 Å². The minimum absolute atomic E-state index is 0.203. The van der Waals surface area contributed by atoms with Crippen LogP contribution < -0.4 is 10.1 Å². The lowest BCUT2D eigenvalue weighted by molar-refractivity contribution is -0.127. The standard InChI is InChI=1S/C17H18ClNO4S/c1-12(17(20)19-11-13-3-5-14(18)6-4-13)23-15-7-9-16(10-8-15)24(2,21)22/h3-10,12H,11H2,1-2H3,(H,19,20). The van der Waals surface area contributed by atoms with E-state index < -0.39 is 15.9 Å². The highest BCUT2D eigenvalue weighted by Crippen LogP contribution is 2.17. The monoisotopic (exact) mass is 367 g/mol. The highest BCUT2D eigenvalue weighted by Gasteiger charge is 2.15. The van der Waals surface area contributed by atoms with Crippen molar-refractivity contribution in [2.45, 2.75) is 24.5 Å². The first kappa shape index (κ1) is 18.3. The zero-order valence-corrected chi connectivity index (χ0v) is 14.9. The van der Waals surface area contributed by atoms with Gasteiger partial charge in [0.2, 0.25) is 0 Å². The lowest BCUT2D eigenvalue weighted by atomic mass is 10.2. The fraction of sp³-hybridized carbons (Fsp3) is 0.235. The van der Waals surface area contributed by atoms with E-state index in [1.54, 1.807) is 19.1 Å². The van der Waals surface area contributed by atoms with Crippen molar-refractivity contribution in [2.75, 3.05) is 6.26 Å². The molecule has 0 fully saturated rings. The number of carbonyl (C=O) groups excluding carboxylic acids is 1. The van der Waals surface area contributed by atoms with Crippen molar-refractivity contribution in [2.24, 2.45) is 0 Å². The normalized spacial score (nSPS) is 12.5. The van der Waals surface area contributed by atoms with Gasteiger partial charge < -0.3 is 10.1 Å². The Bertz CT molecular complexity index is 801. The molecule has 0 spiro atoms. The molecule has 0 aliphatic heterocycles. The van der Waals surface area contributed by atoms with Gasteiger partial charge in [0.05, 0.1) is 4.90 Å². The number of sulfone groups is 1. The van der Waals surface area contributed by atoms with E-state index in [-0.39, 0.29) is 10.8 Å². The summed E-state index contributed by atoms with van der Waals surface area (Å²) in [4.78, 5) is 12.3. The summed E-state index contributed by atoms with van der Waals surface area (Å²) in [6.07, 6.45) is 0.428. The number of carbonyl (C=O) groups is 1. The predicted octanol–water partition coefficient (Wildman–Crippen LogP) is 2.83. The van der Waals surface area contributed by atoms with Crippen molar-refractivity contribution in [1.82, 2.24) is 5.32 Å². The van der Waals surface area contributed by atoms with E-state index in [1.807, 2.05) is 12.1 Å². The van der Waals surface area contributed by atoms with Crippen molar-refractivity contribution in [3.05, 3.63) is 59.1 Å². The quantitative estimate of drug-likeness (QED) is 0.852. The maximum atomic E-state index is 12.1. The summed E-state index contributed by atoms with van der Waals surface area (Å²) in [6, 6.07) is 13.1. The minimum Gasteiger partial charge on any atom is -0.481 e. The molecule has 0 aliphatic carbocycles. The van der Waals surface area contributed by atoms with Gasteiger partial charge in [0.1, 0.15) is 5.75 Å². The molecule has 0 saturated heterocycles. The Morgan fingerprint density at radius 3 is 2.25 bits per heavy atom. The molecule has 0 saturated carbocycles.